The first-order valence-corrected chi connectivity index (χ1v) is 5.90. The Morgan fingerprint density at radius 1 is 1.00 bits per heavy atom. The zero-order chi connectivity index (χ0) is 13.1. The minimum atomic E-state index is -0.218. The standard InChI is InChI=1S/C15H11N3O/c19-15(17-12-4-2-1-3-5-12)14-7-6-11-10-16-9-8-13(11)18-14/h1-10H,(H,17,19). The van der Waals surface area contributed by atoms with E-state index in [1.807, 2.05) is 36.4 Å². The van der Waals surface area contributed by atoms with E-state index in [1.165, 1.54) is 0 Å². The van der Waals surface area contributed by atoms with Gasteiger partial charge in [-0.1, -0.05) is 18.2 Å². The van der Waals surface area contributed by atoms with Crippen molar-refractivity contribution in [2.75, 3.05) is 5.32 Å². The van der Waals surface area contributed by atoms with Crippen molar-refractivity contribution in [3.8, 4) is 0 Å². The fourth-order valence-electron chi connectivity index (χ4n) is 1.81. The highest BCUT2D eigenvalue weighted by Crippen LogP contribution is 2.12. The molecular formula is C15H11N3O. The van der Waals surface area contributed by atoms with Gasteiger partial charge in [0.2, 0.25) is 0 Å². The molecule has 0 bridgehead atoms. The summed E-state index contributed by atoms with van der Waals surface area (Å²) in [5.74, 6) is -0.218. The molecule has 0 spiro atoms. The summed E-state index contributed by atoms with van der Waals surface area (Å²) in [5, 5.41) is 3.72. The van der Waals surface area contributed by atoms with Crippen molar-refractivity contribution in [1.82, 2.24) is 9.97 Å². The van der Waals surface area contributed by atoms with Crippen molar-refractivity contribution in [3.05, 3.63) is 66.6 Å². The van der Waals surface area contributed by atoms with E-state index in [9.17, 15) is 4.79 Å². The molecule has 2 heterocycles. The molecule has 0 aliphatic carbocycles. The van der Waals surface area contributed by atoms with Gasteiger partial charge in [0, 0.05) is 23.5 Å². The van der Waals surface area contributed by atoms with Crippen LogP contribution in [0.2, 0.25) is 0 Å². The molecule has 0 atom stereocenters. The van der Waals surface area contributed by atoms with Crippen LogP contribution in [0, 0.1) is 0 Å². The zero-order valence-corrected chi connectivity index (χ0v) is 10.1. The van der Waals surface area contributed by atoms with Crippen LogP contribution in [0.1, 0.15) is 10.5 Å². The maximum atomic E-state index is 12.1. The van der Waals surface area contributed by atoms with Gasteiger partial charge < -0.3 is 5.32 Å². The molecule has 0 fully saturated rings. The first-order valence-electron chi connectivity index (χ1n) is 5.90. The van der Waals surface area contributed by atoms with Gasteiger partial charge in [-0.05, 0) is 30.3 Å². The number of anilines is 1. The van der Waals surface area contributed by atoms with Gasteiger partial charge >= 0.3 is 0 Å². The molecule has 4 nitrogen and oxygen atoms in total. The van der Waals surface area contributed by atoms with Crippen molar-refractivity contribution >= 4 is 22.5 Å². The van der Waals surface area contributed by atoms with E-state index in [2.05, 4.69) is 15.3 Å². The summed E-state index contributed by atoms with van der Waals surface area (Å²) in [6.07, 6.45) is 3.38. The average molecular weight is 249 g/mol. The molecule has 2 aromatic heterocycles. The minimum absolute atomic E-state index is 0.218. The first-order chi connectivity index (χ1) is 9.33. The van der Waals surface area contributed by atoms with E-state index in [1.54, 1.807) is 24.5 Å². The van der Waals surface area contributed by atoms with Crippen molar-refractivity contribution in [1.29, 1.82) is 0 Å². The number of benzene rings is 1. The van der Waals surface area contributed by atoms with E-state index in [0.29, 0.717) is 5.69 Å². The van der Waals surface area contributed by atoms with Crippen LogP contribution < -0.4 is 5.32 Å². The maximum absolute atomic E-state index is 12.1. The lowest BCUT2D eigenvalue weighted by Crippen LogP contribution is -2.13. The number of pyridine rings is 2. The van der Waals surface area contributed by atoms with Crippen LogP contribution in [0.3, 0.4) is 0 Å². The Labute approximate surface area is 110 Å². The third kappa shape index (κ3) is 2.42. The molecule has 0 unspecified atom stereocenters. The van der Waals surface area contributed by atoms with Gasteiger partial charge in [-0.15, -0.1) is 0 Å². The highest BCUT2D eigenvalue weighted by Gasteiger charge is 2.08. The number of para-hydroxylation sites is 1. The van der Waals surface area contributed by atoms with E-state index in [-0.39, 0.29) is 5.91 Å². The van der Waals surface area contributed by atoms with Crippen molar-refractivity contribution < 1.29 is 4.79 Å². The molecule has 19 heavy (non-hydrogen) atoms. The molecule has 0 saturated carbocycles. The van der Waals surface area contributed by atoms with Crippen molar-refractivity contribution in [2.24, 2.45) is 0 Å². The van der Waals surface area contributed by atoms with Gasteiger partial charge in [-0.3, -0.25) is 9.78 Å². The smallest absolute Gasteiger partial charge is 0.274 e. The van der Waals surface area contributed by atoms with Crippen LogP contribution >= 0.6 is 0 Å². The van der Waals surface area contributed by atoms with Crippen molar-refractivity contribution in [2.45, 2.75) is 0 Å². The minimum Gasteiger partial charge on any atom is -0.321 e. The maximum Gasteiger partial charge on any atom is 0.274 e. The zero-order valence-electron chi connectivity index (χ0n) is 10.1. The number of hydrogen-bond acceptors (Lipinski definition) is 3. The van der Waals surface area contributed by atoms with E-state index >= 15 is 0 Å². The second kappa shape index (κ2) is 4.86. The Morgan fingerprint density at radius 2 is 1.84 bits per heavy atom. The molecular weight excluding hydrogens is 238 g/mol. The average Bonchev–Trinajstić information content (AvgIpc) is 2.48. The monoisotopic (exact) mass is 249 g/mol. The SMILES string of the molecule is O=C(Nc1ccccc1)c1ccc2cnccc2n1. The third-order valence-corrected chi connectivity index (χ3v) is 2.75. The second-order valence-electron chi connectivity index (χ2n) is 4.09. The van der Waals surface area contributed by atoms with Gasteiger partial charge in [0.05, 0.1) is 5.52 Å². The van der Waals surface area contributed by atoms with E-state index < -0.39 is 0 Å². The topological polar surface area (TPSA) is 54.9 Å². The van der Waals surface area contributed by atoms with E-state index in [0.717, 1.165) is 16.6 Å². The Bertz CT molecular complexity index is 726. The molecule has 1 N–H and O–H groups in total. The van der Waals surface area contributed by atoms with E-state index in [4.69, 9.17) is 0 Å². The third-order valence-electron chi connectivity index (χ3n) is 2.75. The number of rotatable bonds is 2. The molecule has 1 amide bonds. The summed E-state index contributed by atoms with van der Waals surface area (Å²) in [5.41, 5.74) is 1.90. The van der Waals surface area contributed by atoms with Crippen LogP contribution in [0.15, 0.2) is 60.9 Å². The predicted octanol–water partition coefficient (Wildman–Crippen LogP) is 2.88. The Morgan fingerprint density at radius 3 is 2.68 bits per heavy atom. The van der Waals surface area contributed by atoms with Crippen LogP contribution in [0.5, 0.6) is 0 Å². The summed E-state index contributed by atoms with van der Waals surface area (Å²) in [6, 6.07) is 14.6. The number of carbonyl (C=O) groups excluding carboxylic acids is 1. The van der Waals surface area contributed by atoms with Gasteiger partial charge in [0.1, 0.15) is 5.69 Å². The Hall–Kier alpha value is -2.75. The van der Waals surface area contributed by atoms with Gasteiger partial charge in [-0.2, -0.15) is 0 Å². The number of nitrogens with zero attached hydrogens (tertiary/aromatic N) is 2. The lowest BCUT2D eigenvalue weighted by atomic mass is 10.2. The summed E-state index contributed by atoms with van der Waals surface area (Å²) in [7, 11) is 0. The lowest BCUT2D eigenvalue weighted by Gasteiger charge is -2.05. The normalized spacial score (nSPS) is 10.3. The number of nitrogens with one attached hydrogen (secondary N) is 1. The van der Waals surface area contributed by atoms with Crippen LogP contribution in [-0.2, 0) is 0 Å². The van der Waals surface area contributed by atoms with Crippen LogP contribution in [0.4, 0.5) is 5.69 Å². The van der Waals surface area contributed by atoms with Gasteiger partial charge in [-0.25, -0.2) is 4.98 Å². The number of carbonyl (C=O) groups is 1. The lowest BCUT2D eigenvalue weighted by molar-refractivity contribution is 0.102. The molecule has 0 aliphatic rings. The van der Waals surface area contributed by atoms with Crippen LogP contribution in [0.25, 0.3) is 10.9 Å². The van der Waals surface area contributed by atoms with Gasteiger partial charge in [0.25, 0.3) is 5.91 Å². The fourth-order valence-corrected chi connectivity index (χ4v) is 1.81. The first kappa shape index (κ1) is 11.3. The predicted molar refractivity (Wildman–Crippen MR) is 73.9 cm³/mol. The quantitative estimate of drug-likeness (QED) is 0.759. The Kier molecular flexibility index (Phi) is 2.90. The number of aromatic nitrogens is 2. The van der Waals surface area contributed by atoms with Crippen molar-refractivity contribution in [3.63, 3.8) is 0 Å². The summed E-state index contributed by atoms with van der Waals surface area (Å²) >= 11 is 0. The molecule has 0 radical (unpaired) electrons. The largest absolute Gasteiger partial charge is 0.321 e. The molecule has 92 valence electrons. The molecule has 4 heteroatoms. The second-order valence-corrected chi connectivity index (χ2v) is 4.09. The highest BCUT2D eigenvalue weighted by molar-refractivity contribution is 6.03. The summed E-state index contributed by atoms with van der Waals surface area (Å²) < 4.78 is 0. The Balaban J connectivity index is 1.89. The summed E-state index contributed by atoms with van der Waals surface area (Å²) in [4.78, 5) is 20.4. The number of fused-ring (bicyclic) bond motifs is 1. The number of amides is 1. The van der Waals surface area contributed by atoms with Crippen LogP contribution in [-0.4, -0.2) is 15.9 Å². The van der Waals surface area contributed by atoms with Gasteiger partial charge in [0.15, 0.2) is 0 Å². The highest BCUT2D eigenvalue weighted by atomic mass is 16.1. The number of hydrogen-bond donors (Lipinski definition) is 1. The fraction of sp³-hybridized carbons (Fsp3) is 0. The molecule has 0 saturated heterocycles. The molecule has 3 rings (SSSR count). The molecule has 0 aliphatic heterocycles. The molecule has 3 aromatic rings. The molecule has 1 aromatic carbocycles. The summed E-state index contributed by atoms with van der Waals surface area (Å²) in [6.45, 7) is 0.